The van der Waals surface area contributed by atoms with Crippen molar-refractivity contribution in [1.29, 1.82) is 0 Å². The van der Waals surface area contributed by atoms with Gasteiger partial charge in [0.25, 0.3) is 5.91 Å². The largest absolute Gasteiger partial charge is 0.454 e. The number of carbonyl (C=O) groups excluding carboxylic acids is 1. The number of piperidine rings is 1. The molecule has 0 saturated carbocycles. The van der Waals surface area contributed by atoms with Crippen molar-refractivity contribution in [3.8, 4) is 22.8 Å². The van der Waals surface area contributed by atoms with Crippen LogP contribution in [0.15, 0.2) is 48.5 Å². The Morgan fingerprint density at radius 1 is 1.00 bits per heavy atom. The van der Waals surface area contributed by atoms with Crippen molar-refractivity contribution in [1.82, 2.24) is 15.1 Å². The number of anilines is 1. The van der Waals surface area contributed by atoms with Crippen LogP contribution in [0, 0.1) is 0 Å². The van der Waals surface area contributed by atoms with E-state index in [0.29, 0.717) is 17.1 Å². The highest BCUT2D eigenvalue weighted by molar-refractivity contribution is 6.03. The van der Waals surface area contributed by atoms with Crippen molar-refractivity contribution in [3.63, 3.8) is 0 Å². The molecule has 3 heterocycles. The van der Waals surface area contributed by atoms with Gasteiger partial charge in [-0.05, 0) is 67.9 Å². The summed E-state index contributed by atoms with van der Waals surface area (Å²) in [5, 5.41) is 10.0. The van der Waals surface area contributed by atoms with E-state index >= 15 is 0 Å². The lowest BCUT2D eigenvalue weighted by molar-refractivity contribution is 0.102. The SMILES string of the molecule is O=C(Nc1ccc(CN2CCCCC2)cc1)c1cc(-c2ccc3c(c2)OCO3)n[nH]1. The average molecular weight is 404 g/mol. The fourth-order valence-electron chi connectivity index (χ4n) is 3.91. The van der Waals surface area contributed by atoms with Crippen LogP contribution in [-0.2, 0) is 6.54 Å². The van der Waals surface area contributed by atoms with Crippen molar-refractivity contribution in [3.05, 3.63) is 59.8 Å². The van der Waals surface area contributed by atoms with Gasteiger partial charge < -0.3 is 14.8 Å². The van der Waals surface area contributed by atoms with Crippen LogP contribution in [0.2, 0.25) is 0 Å². The van der Waals surface area contributed by atoms with Crippen LogP contribution in [0.1, 0.15) is 35.3 Å². The standard InChI is InChI=1S/C23H24N4O3/c28-23(24-18-7-4-16(5-8-18)14-27-10-2-1-3-11-27)20-13-19(25-26-20)17-6-9-21-22(12-17)30-15-29-21/h4-9,12-13H,1-3,10-11,14-15H2,(H,24,28)(H,25,26). The Hall–Kier alpha value is -3.32. The van der Waals surface area contributed by atoms with Gasteiger partial charge in [0.1, 0.15) is 5.69 Å². The third-order valence-electron chi connectivity index (χ3n) is 5.56. The lowest BCUT2D eigenvalue weighted by atomic mass is 10.1. The zero-order chi connectivity index (χ0) is 20.3. The van der Waals surface area contributed by atoms with E-state index in [1.165, 1.54) is 37.9 Å². The van der Waals surface area contributed by atoms with Gasteiger partial charge in [-0.2, -0.15) is 5.10 Å². The van der Waals surface area contributed by atoms with Crippen LogP contribution in [0.5, 0.6) is 11.5 Å². The molecule has 2 aliphatic heterocycles. The predicted octanol–water partition coefficient (Wildman–Crippen LogP) is 4.04. The average Bonchev–Trinajstić information content (AvgIpc) is 3.45. The first-order chi connectivity index (χ1) is 14.7. The van der Waals surface area contributed by atoms with E-state index in [1.807, 2.05) is 30.3 Å². The summed E-state index contributed by atoms with van der Waals surface area (Å²) in [4.78, 5) is 15.1. The van der Waals surface area contributed by atoms with Crippen LogP contribution in [0.25, 0.3) is 11.3 Å². The van der Waals surface area contributed by atoms with Crippen molar-refractivity contribution in [2.24, 2.45) is 0 Å². The number of aromatic amines is 1. The van der Waals surface area contributed by atoms with Gasteiger partial charge in [0, 0.05) is 17.8 Å². The molecule has 0 radical (unpaired) electrons. The second kappa shape index (κ2) is 8.20. The number of rotatable bonds is 5. The number of ether oxygens (including phenoxy) is 2. The second-order valence-electron chi connectivity index (χ2n) is 7.72. The summed E-state index contributed by atoms with van der Waals surface area (Å²) in [6.07, 6.45) is 3.91. The Morgan fingerprint density at radius 2 is 1.80 bits per heavy atom. The molecule has 1 fully saturated rings. The minimum Gasteiger partial charge on any atom is -0.454 e. The summed E-state index contributed by atoms with van der Waals surface area (Å²) in [6, 6.07) is 15.4. The van der Waals surface area contributed by atoms with Gasteiger partial charge in [0.15, 0.2) is 11.5 Å². The molecule has 0 atom stereocenters. The van der Waals surface area contributed by atoms with Gasteiger partial charge in [-0.1, -0.05) is 18.6 Å². The van der Waals surface area contributed by atoms with Crippen molar-refractivity contribution in [2.75, 3.05) is 25.2 Å². The van der Waals surface area contributed by atoms with Gasteiger partial charge in [-0.25, -0.2) is 0 Å². The number of likely N-dealkylation sites (tertiary alicyclic amines) is 1. The van der Waals surface area contributed by atoms with E-state index < -0.39 is 0 Å². The number of nitrogens with one attached hydrogen (secondary N) is 2. The van der Waals surface area contributed by atoms with Crippen LogP contribution in [-0.4, -0.2) is 40.9 Å². The highest BCUT2D eigenvalue weighted by Gasteiger charge is 2.17. The van der Waals surface area contributed by atoms with Gasteiger partial charge in [0.2, 0.25) is 6.79 Å². The summed E-state index contributed by atoms with van der Waals surface area (Å²) in [7, 11) is 0. The molecule has 1 amide bonds. The first-order valence-corrected chi connectivity index (χ1v) is 10.3. The molecule has 2 aromatic carbocycles. The third kappa shape index (κ3) is 4.02. The maximum Gasteiger partial charge on any atom is 0.273 e. The van der Waals surface area contributed by atoms with Crippen LogP contribution >= 0.6 is 0 Å². The topological polar surface area (TPSA) is 79.5 Å². The maximum absolute atomic E-state index is 12.6. The molecule has 0 aliphatic carbocycles. The molecule has 3 aromatic rings. The van der Waals surface area contributed by atoms with E-state index in [1.54, 1.807) is 6.07 Å². The molecule has 1 saturated heterocycles. The number of carbonyl (C=O) groups is 1. The van der Waals surface area contributed by atoms with Gasteiger partial charge >= 0.3 is 0 Å². The monoisotopic (exact) mass is 404 g/mol. The van der Waals surface area contributed by atoms with Crippen LogP contribution < -0.4 is 14.8 Å². The minimum atomic E-state index is -0.224. The highest BCUT2D eigenvalue weighted by atomic mass is 16.7. The van der Waals surface area contributed by atoms with Gasteiger partial charge in [0.05, 0.1) is 5.69 Å². The second-order valence-corrected chi connectivity index (χ2v) is 7.72. The molecule has 7 heteroatoms. The summed E-state index contributed by atoms with van der Waals surface area (Å²) in [6.45, 7) is 3.53. The third-order valence-corrected chi connectivity index (χ3v) is 5.56. The fraction of sp³-hybridized carbons (Fsp3) is 0.304. The Kier molecular flexibility index (Phi) is 5.11. The smallest absolute Gasteiger partial charge is 0.273 e. The summed E-state index contributed by atoms with van der Waals surface area (Å²) >= 11 is 0. The number of benzene rings is 2. The number of hydrogen-bond donors (Lipinski definition) is 2. The normalized spacial score (nSPS) is 15.9. The Balaban J connectivity index is 1.22. The number of H-pyrrole nitrogens is 1. The molecule has 0 spiro atoms. The van der Waals surface area contributed by atoms with Crippen LogP contribution in [0.3, 0.4) is 0 Å². The van der Waals surface area contributed by atoms with Crippen LogP contribution in [0.4, 0.5) is 5.69 Å². The number of amides is 1. The molecule has 1 aromatic heterocycles. The molecule has 0 unspecified atom stereocenters. The first-order valence-electron chi connectivity index (χ1n) is 10.3. The molecule has 30 heavy (non-hydrogen) atoms. The summed E-state index contributed by atoms with van der Waals surface area (Å²) in [5.41, 5.74) is 3.97. The summed E-state index contributed by atoms with van der Waals surface area (Å²) in [5.74, 6) is 1.18. The van der Waals surface area contributed by atoms with E-state index in [2.05, 4.69) is 32.5 Å². The summed E-state index contributed by atoms with van der Waals surface area (Å²) < 4.78 is 10.7. The van der Waals surface area contributed by atoms with E-state index in [9.17, 15) is 4.79 Å². The molecular weight excluding hydrogens is 380 g/mol. The lowest BCUT2D eigenvalue weighted by Gasteiger charge is -2.26. The molecule has 0 bridgehead atoms. The fourth-order valence-corrected chi connectivity index (χ4v) is 3.91. The van der Waals surface area contributed by atoms with Crippen molar-refractivity contribution >= 4 is 11.6 Å². The van der Waals surface area contributed by atoms with E-state index in [0.717, 1.165) is 23.5 Å². The van der Waals surface area contributed by atoms with Crippen molar-refractivity contribution in [2.45, 2.75) is 25.8 Å². The zero-order valence-corrected chi connectivity index (χ0v) is 16.7. The number of fused-ring (bicyclic) bond motifs is 1. The Bertz CT molecular complexity index is 1040. The first kappa shape index (κ1) is 18.7. The van der Waals surface area contributed by atoms with E-state index in [-0.39, 0.29) is 12.7 Å². The highest BCUT2D eigenvalue weighted by Crippen LogP contribution is 2.35. The van der Waals surface area contributed by atoms with Gasteiger partial charge in [-0.3, -0.25) is 14.8 Å². The lowest BCUT2D eigenvalue weighted by Crippen LogP contribution is -2.29. The van der Waals surface area contributed by atoms with Crippen molar-refractivity contribution < 1.29 is 14.3 Å². The maximum atomic E-state index is 12.6. The quantitative estimate of drug-likeness (QED) is 0.671. The van der Waals surface area contributed by atoms with E-state index in [4.69, 9.17) is 9.47 Å². The molecule has 2 aliphatic rings. The van der Waals surface area contributed by atoms with Gasteiger partial charge in [-0.15, -0.1) is 0 Å². The molecule has 2 N–H and O–H groups in total. The number of nitrogens with zero attached hydrogens (tertiary/aromatic N) is 2. The number of hydrogen-bond acceptors (Lipinski definition) is 5. The molecular formula is C23H24N4O3. The molecule has 154 valence electrons. The predicted molar refractivity (Wildman–Crippen MR) is 114 cm³/mol. The zero-order valence-electron chi connectivity index (χ0n) is 16.7. The minimum absolute atomic E-state index is 0.224. The number of aromatic nitrogens is 2. The Morgan fingerprint density at radius 3 is 2.63 bits per heavy atom. The molecule has 7 nitrogen and oxygen atoms in total. The molecule has 5 rings (SSSR count). The Labute approximate surface area is 175 Å².